The van der Waals surface area contributed by atoms with Gasteiger partial charge in [-0.1, -0.05) is 19.1 Å². The summed E-state index contributed by atoms with van der Waals surface area (Å²) in [6, 6.07) is 6.44. The van der Waals surface area contributed by atoms with Gasteiger partial charge in [0, 0.05) is 22.9 Å². The predicted octanol–water partition coefficient (Wildman–Crippen LogP) is 2.96. The summed E-state index contributed by atoms with van der Waals surface area (Å²) in [6.45, 7) is 7.09. The molecular weight excluding hydrogens is 386 g/mol. The first kappa shape index (κ1) is 21.6. The van der Waals surface area contributed by atoms with Crippen LogP contribution in [0.1, 0.15) is 45.6 Å². The Morgan fingerprint density at radius 1 is 1.27 bits per heavy atom. The van der Waals surface area contributed by atoms with Crippen LogP contribution in [-0.2, 0) is 23.9 Å². The van der Waals surface area contributed by atoms with E-state index in [0.717, 1.165) is 0 Å². The average Bonchev–Trinajstić information content (AvgIpc) is 2.65. The fourth-order valence-electron chi connectivity index (χ4n) is 4.27. The zero-order valence-electron chi connectivity index (χ0n) is 17.8. The Balaban J connectivity index is 2.19. The Hall–Kier alpha value is -3.09. The van der Waals surface area contributed by atoms with E-state index in [4.69, 9.17) is 9.47 Å². The third-order valence-electron chi connectivity index (χ3n) is 5.51. The zero-order valence-corrected chi connectivity index (χ0v) is 17.8. The van der Waals surface area contributed by atoms with Gasteiger partial charge in [-0.2, -0.15) is 0 Å². The van der Waals surface area contributed by atoms with Crippen LogP contribution >= 0.6 is 0 Å². The second-order valence-corrected chi connectivity index (χ2v) is 8.08. The highest BCUT2D eigenvalue weighted by Crippen LogP contribution is 2.45. The lowest BCUT2D eigenvalue weighted by Crippen LogP contribution is -2.43. The van der Waals surface area contributed by atoms with Gasteiger partial charge in [0.05, 0.1) is 18.8 Å². The van der Waals surface area contributed by atoms with Crippen LogP contribution in [0.15, 0.2) is 46.8 Å². The Bertz CT molecular complexity index is 958. The number of aromatic hydroxyl groups is 1. The fraction of sp³-hybridized carbons (Fsp3) is 0.435. The topological polar surface area (TPSA) is 102 Å². The fourth-order valence-corrected chi connectivity index (χ4v) is 4.27. The van der Waals surface area contributed by atoms with Crippen LogP contribution in [0.5, 0.6) is 5.75 Å². The molecule has 0 radical (unpaired) electrons. The largest absolute Gasteiger partial charge is 0.508 e. The van der Waals surface area contributed by atoms with Crippen LogP contribution in [0.3, 0.4) is 0 Å². The van der Waals surface area contributed by atoms with Gasteiger partial charge < -0.3 is 19.9 Å². The molecule has 0 saturated heterocycles. The van der Waals surface area contributed by atoms with Crippen molar-refractivity contribution in [2.75, 3.05) is 7.11 Å². The van der Waals surface area contributed by atoms with E-state index >= 15 is 0 Å². The molecule has 0 unspecified atom stereocenters. The number of benzene rings is 1. The second kappa shape index (κ2) is 8.34. The normalized spacial score (nSPS) is 23.8. The number of ether oxygens (including phenoxy) is 2. The van der Waals surface area contributed by atoms with E-state index in [0.29, 0.717) is 34.5 Å². The van der Waals surface area contributed by atoms with Crippen LogP contribution in [0.4, 0.5) is 0 Å². The van der Waals surface area contributed by atoms with Gasteiger partial charge in [0.1, 0.15) is 11.7 Å². The molecular formula is C23H27NO6. The van der Waals surface area contributed by atoms with Gasteiger partial charge >= 0.3 is 11.9 Å². The number of allylic oxidation sites excluding steroid dienone is 3. The maximum absolute atomic E-state index is 13.5. The van der Waals surface area contributed by atoms with E-state index in [2.05, 4.69) is 5.32 Å². The average molecular weight is 413 g/mol. The first-order valence-corrected chi connectivity index (χ1v) is 9.98. The Morgan fingerprint density at radius 3 is 2.57 bits per heavy atom. The van der Waals surface area contributed by atoms with E-state index in [9.17, 15) is 19.5 Å². The highest BCUT2D eigenvalue weighted by Gasteiger charge is 2.47. The SMILES string of the molecule is COC(=O)[C@H]1C(=O)C2=C(C[C@H]1C)NC(C)=C(C(=O)OC(C)C)[C@@H]2c1cccc(O)c1. The van der Waals surface area contributed by atoms with E-state index in [1.54, 1.807) is 32.9 Å². The number of rotatable bonds is 4. The number of hydrogen-bond acceptors (Lipinski definition) is 7. The summed E-state index contributed by atoms with van der Waals surface area (Å²) in [5, 5.41) is 13.2. The third kappa shape index (κ3) is 3.84. The lowest BCUT2D eigenvalue weighted by molar-refractivity contribution is -0.151. The minimum atomic E-state index is -0.948. The summed E-state index contributed by atoms with van der Waals surface area (Å²) in [7, 11) is 1.26. The van der Waals surface area contributed by atoms with Crippen LogP contribution in [0, 0.1) is 11.8 Å². The van der Waals surface area contributed by atoms with Crippen molar-refractivity contribution in [3.63, 3.8) is 0 Å². The number of Topliss-reactive ketones (excluding diaryl/α,β-unsaturated/α-hetero) is 1. The summed E-state index contributed by atoms with van der Waals surface area (Å²) in [4.78, 5) is 38.9. The number of methoxy groups -OCH3 is 1. The van der Waals surface area contributed by atoms with Gasteiger partial charge in [-0.3, -0.25) is 9.59 Å². The van der Waals surface area contributed by atoms with Crippen LogP contribution < -0.4 is 5.32 Å². The maximum atomic E-state index is 13.5. The summed E-state index contributed by atoms with van der Waals surface area (Å²) in [5.74, 6) is -3.45. The molecule has 7 nitrogen and oxygen atoms in total. The molecule has 160 valence electrons. The summed E-state index contributed by atoms with van der Waals surface area (Å²) >= 11 is 0. The van der Waals surface area contributed by atoms with Gasteiger partial charge in [-0.25, -0.2) is 4.79 Å². The van der Waals surface area contributed by atoms with Gasteiger partial charge in [0.25, 0.3) is 0 Å². The highest BCUT2D eigenvalue weighted by atomic mass is 16.5. The first-order chi connectivity index (χ1) is 14.1. The van der Waals surface area contributed by atoms with Crippen LogP contribution in [-0.4, -0.2) is 36.0 Å². The monoisotopic (exact) mass is 413 g/mol. The number of hydrogen-bond donors (Lipinski definition) is 2. The molecule has 1 aliphatic heterocycles. The molecule has 1 heterocycles. The summed E-state index contributed by atoms with van der Waals surface area (Å²) in [5.41, 5.74) is 2.48. The molecule has 2 aliphatic rings. The number of phenols is 1. The standard InChI is InChI=1S/C23H27NO6/c1-11(2)30-23(28)18-13(4)24-16-9-12(3)17(22(27)29-5)21(26)20(16)19(18)14-7-6-8-15(25)10-14/h6-8,10-12,17,19,24-25H,9H2,1-5H3/t12-,17-,19+/m1/s1. The van der Waals surface area contributed by atoms with E-state index in [-0.39, 0.29) is 23.6 Å². The van der Waals surface area contributed by atoms with E-state index in [1.165, 1.54) is 19.2 Å². The van der Waals surface area contributed by atoms with Crippen molar-refractivity contribution in [1.82, 2.24) is 5.32 Å². The van der Waals surface area contributed by atoms with Crippen molar-refractivity contribution < 1.29 is 29.0 Å². The summed E-state index contributed by atoms with van der Waals surface area (Å²) in [6.07, 6.45) is 0.114. The molecule has 3 rings (SSSR count). The van der Waals surface area contributed by atoms with Crippen molar-refractivity contribution in [2.45, 2.75) is 46.1 Å². The predicted molar refractivity (Wildman–Crippen MR) is 109 cm³/mol. The molecule has 0 spiro atoms. The molecule has 0 saturated carbocycles. The quantitative estimate of drug-likeness (QED) is 0.578. The summed E-state index contributed by atoms with van der Waals surface area (Å²) < 4.78 is 10.3. The zero-order chi connectivity index (χ0) is 22.2. The molecule has 0 bridgehead atoms. The van der Waals surface area contributed by atoms with Crippen molar-refractivity contribution in [1.29, 1.82) is 0 Å². The lowest BCUT2D eigenvalue weighted by Gasteiger charge is -2.38. The van der Waals surface area contributed by atoms with E-state index in [1.807, 2.05) is 6.92 Å². The number of ketones is 1. The number of phenolic OH excluding ortho intramolecular Hbond substituents is 1. The van der Waals surface area contributed by atoms with Crippen LogP contribution in [0.2, 0.25) is 0 Å². The number of carbonyl (C=O) groups excluding carboxylic acids is 3. The van der Waals surface area contributed by atoms with Gasteiger partial charge in [-0.05, 0) is 50.8 Å². The van der Waals surface area contributed by atoms with Crippen molar-refractivity contribution in [2.24, 2.45) is 11.8 Å². The molecule has 0 aromatic heterocycles. The van der Waals surface area contributed by atoms with E-state index < -0.39 is 23.8 Å². The lowest BCUT2D eigenvalue weighted by atomic mass is 9.69. The number of esters is 2. The van der Waals surface area contributed by atoms with Crippen molar-refractivity contribution >= 4 is 17.7 Å². The molecule has 0 fully saturated rings. The minimum absolute atomic E-state index is 0.0172. The smallest absolute Gasteiger partial charge is 0.337 e. The molecule has 30 heavy (non-hydrogen) atoms. The minimum Gasteiger partial charge on any atom is -0.508 e. The first-order valence-electron chi connectivity index (χ1n) is 9.98. The molecule has 2 N–H and O–H groups in total. The molecule has 1 aliphatic carbocycles. The molecule has 1 aromatic carbocycles. The van der Waals surface area contributed by atoms with Crippen molar-refractivity contribution in [3.8, 4) is 5.75 Å². The Kier molecular flexibility index (Phi) is 6.01. The molecule has 7 heteroatoms. The molecule has 1 aromatic rings. The number of dihydropyridines is 1. The Morgan fingerprint density at radius 2 is 1.97 bits per heavy atom. The number of nitrogens with one attached hydrogen (secondary N) is 1. The molecule has 0 amide bonds. The second-order valence-electron chi connectivity index (χ2n) is 8.08. The maximum Gasteiger partial charge on any atom is 0.337 e. The molecule has 3 atom stereocenters. The van der Waals surface area contributed by atoms with Gasteiger partial charge in [0.15, 0.2) is 5.78 Å². The third-order valence-corrected chi connectivity index (χ3v) is 5.51. The van der Waals surface area contributed by atoms with Gasteiger partial charge in [0.2, 0.25) is 0 Å². The van der Waals surface area contributed by atoms with Crippen molar-refractivity contribution in [3.05, 3.63) is 52.4 Å². The van der Waals surface area contributed by atoms with Gasteiger partial charge in [-0.15, -0.1) is 0 Å². The van der Waals surface area contributed by atoms with Crippen LogP contribution in [0.25, 0.3) is 0 Å². The Labute approximate surface area is 175 Å². The number of carbonyl (C=O) groups is 3. The highest BCUT2D eigenvalue weighted by molar-refractivity contribution is 6.12.